The molecule has 1 heterocycles. The number of amides is 3. The first-order valence-electron chi connectivity index (χ1n) is 9.65. The van der Waals surface area contributed by atoms with E-state index in [2.05, 4.69) is 0 Å². The molecule has 5 nitrogen and oxygen atoms in total. The van der Waals surface area contributed by atoms with E-state index in [0.717, 1.165) is 25.7 Å². The lowest BCUT2D eigenvalue weighted by atomic mass is 9.75. The lowest BCUT2D eigenvalue weighted by Crippen LogP contribution is -2.46. The molecule has 2 aliphatic rings. The van der Waals surface area contributed by atoms with Gasteiger partial charge >= 0.3 is 0 Å². The van der Waals surface area contributed by atoms with Crippen LogP contribution in [-0.4, -0.2) is 46.7 Å². The normalized spacial score (nSPS) is 23.5. The number of hydrogen-bond donors (Lipinski definition) is 0. The number of benzene rings is 1. The van der Waals surface area contributed by atoms with Crippen LogP contribution in [0.15, 0.2) is 24.3 Å². The maximum absolute atomic E-state index is 13.6. The van der Waals surface area contributed by atoms with E-state index in [1.165, 1.54) is 4.90 Å². The van der Waals surface area contributed by atoms with Gasteiger partial charge in [-0.1, -0.05) is 42.6 Å². The van der Waals surface area contributed by atoms with Crippen LogP contribution in [0.3, 0.4) is 0 Å². The Labute approximate surface area is 165 Å². The van der Waals surface area contributed by atoms with Crippen molar-refractivity contribution in [2.45, 2.75) is 69.9 Å². The van der Waals surface area contributed by atoms with Crippen molar-refractivity contribution in [2.24, 2.45) is 0 Å². The molecule has 2 fully saturated rings. The summed E-state index contributed by atoms with van der Waals surface area (Å²) in [5, 5.41) is 0.423. The number of nitrogens with zero attached hydrogens (tertiary/aromatic N) is 2. The number of likely N-dealkylation sites (tertiary alicyclic amines) is 1. The number of carbonyl (C=O) groups excluding carboxylic acids is 3. The van der Waals surface area contributed by atoms with Crippen molar-refractivity contribution in [1.29, 1.82) is 0 Å². The van der Waals surface area contributed by atoms with Crippen molar-refractivity contribution < 1.29 is 14.4 Å². The maximum atomic E-state index is 13.6. The summed E-state index contributed by atoms with van der Waals surface area (Å²) in [6.45, 7) is 3.85. The lowest BCUT2D eigenvalue weighted by Gasteiger charge is -2.32. The van der Waals surface area contributed by atoms with Gasteiger partial charge < -0.3 is 4.90 Å². The van der Waals surface area contributed by atoms with E-state index in [1.54, 1.807) is 36.2 Å². The predicted octanol–water partition coefficient (Wildman–Crippen LogP) is 3.54. The maximum Gasteiger partial charge on any atom is 0.241 e. The highest BCUT2D eigenvalue weighted by atomic mass is 35.5. The van der Waals surface area contributed by atoms with Crippen molar-refractivity contribution in [3.63, 3.8) is 0 Å². The Balaban J connectivity index is 2.03. The summed E-state index contributed by atoms with van der Waals surface area (Å²) in [6, 6.07) is 7.04. The van der Waals surface area contributed by atoms with E-state index in [-0.39, 0.29) is 42.6 Å². The molecule has 0 N–H and O–H groups in total. The minimum Gasteiger partial charge on any atom is -0.343 e. The van der Waals surface area contributed by atoms with Crippen LogP contribution in [0.5, 0.6) is 0 Å². The second-order valence-electron chi connectivity index (χ2n) is 8.02. The molecule has 0 spiro atoms. The van der Waals surface area contributed by atoms with Gasteiger partial charge in [-0.3, -0.25) is 19.3 Å². The van der Waals surface area contributed by atoms with Crippen LogP contribution in [-0.2, 0) is 19.8 Å². The molecule has 0 aromatic heterocycles. The van der Waals surface area contributed by atoms with Gasteiger partial charge in [0.2, 0.25) is 17.7 Å². The smallest absolute Gasteiger partial charge is 0.241 e. The van der Waals surface area contributed by atoms with Gasteiger partial charge in [0, 0.05) is 37.0 Å². The molecule has 1 atom stereocenters. The quantitative estimate of drug-likeness (QED) is 0.722. The minimum atomic E-state index is -1.21. The Bertz CT molecular complexity index is 758. The zero-order valence-corrected chi connectivity index (χ0v) is 17.0. The number of hydrogen-bond acceptors (Lipinski definition) is 3. The van der Waals surface area contributed by atoms with Gasteiger partial charge in [0.25, 0.3) is 0 Å². The molecular weight excluding hydrogens is 364 g/mol. The molecule has 1 unspecified atom stereocenters. The van der Waals surface area contributed by atoms with Gasteiger partial charge in [0.1, 0.15) is 0 Å². The molecule has 1 aliphatic heterocycles. The first-order valence-corrected chi connectivity index (χ1v) is 10.0. The third-order valence-corrected chi connectivity index (χ3v) is 6.38. The third-order valence-electron chi connectivity index (χ3n) is 6.05. The number of imide groups is 1. The van der Waals surface area contributed by atoms with Crippen molar-refractivity contribution in [1.82, 2.24) is 9.80 Å². The third kappa shape index (κ3) is 3.49. The van der Waals surface area contributed by atoms with E-state index < -0.39 is 5.41 Å². The highest BCUT2D eigenvalue weighted by Crippen LogP contribution is 2.45. The molecule has 0 bridgehead atoms. The summed E-state index contributed by atoms with van der Waals surface area (Å²) in [5.74, 6) is -0.607. The van der Waals surface area contributed by atoms with Gasteiger partial charge in [-0.15, -0.1) is 0 Å². The Hall–Kier alpha value is -1.88. The summed E-state index contributed by atoms with van der Waals surface area (Å²) in [6.07, 6.45) is 3.69. The molecule has 1 aromatic carbocycles. The zero-order valence-electron chi connectivity index (χ0n) is 16.2. The van der Waals surface area contributed by atoms with E-state index in [9.17, 15) is 14.4 Å². The topological polar surface area (TPSA) is 57.7 Å². The molecule has 3 rings (SSSR count). The average Bonchev–Trinajstić information content (AvgIpc) is 3.22. The predicted molar refractivity (Wildman–Crippen MR) is 104 cm³/mol. The number of rotatable bonds is 5. The van der Waals surface area contributed by atoms with Crippen LogP contribution in [0.4, 0.5) is 0 Å². The highest BCUT2D eigenvalue weighted by molar-refractivity contribution is 6.32. The molecule has 1 saturated heterocycles. The standard InChI is InChI=1S/C21H27ClN2O3/c1-14(2)23(3)18(25)12-21(16-10-6-7-11-17(16)22)13-19(26)24(20(21)27)15-8-4-5-9-15/h6-7,10-11,14-15H,4-5,8-9,12-13H2,1-3H3. The zero-order chi connectivity index (χ0) is 19.8. The van der Waals surface area contributed by atoms with Crippen LogP contribution in [0.1, 0.15) is 57.9 Å². The fraction of sp³-hybridized carbons (Fsp3) is 0.571. The Morgan fingerprint density at radius 1 is 1.26 bits per heavy atom. The van der Waals surface area contributed by atoms with Gasteiger partial charge in [-0.05, 0) is 38.3 Å². The van der Waals surface area contributed by atoms with Crippen LogP contribution in [0.2, 0.25) is 5.02 Å². The van der Waals surface area contributed by atoms with E-state index >= 15 is 0 Å². The fourth-order valence-corrected chi connectivity index (χ4v) is 4.58. The van der Waals surface area contributed by atoms with Crippen LogP contribution >= 0.6 is 11.6 Å². The second kappa shape index (κ2) is 7.63. The van der Waals surface area contributed by atoms with E-state index in [1.807, 2.05) is 13.8 Å². The van der Waals surface area contributed by atoms with Crippen molar-refractivity contribution in [3.05, 3.63) is 34.9 Å². The van der Waals surface area contributed by atoms with Gasteiger partial charge in [-0.2, -0.15) is 0 Å². The molecule has 146 valence electrons. The summed E-state index contributed by atoms with van der Waals surface area (Å²) in [4.78, 5) is 42.4. The Kier molecular flexibility index (Phi) is 5.61. The van der Waals surface area contributed by atoms with Crippen molar-refractivity contribution >= 4 is 29.3 Å². The van der Waals surface area contributed by atoms with Crippen LogP contribution in [0, 0.1) is 0 Å². The monoisotopic (exact) mass is 390 g/mol. The SMILES string of the molecule is CC(C)N(C)C(=O)CC1(c2ccccc2Cl)CC(=O)N(C2CCCC2)C1=O. The Morgan fingerprint density at radius 3 is 2.48 bits per heavy atom. The molecule has 3 amide bonds. The Morgan fingerprint density at radius 2 is 1.89 bits per heavy atom. The first kappa shape index (κ1) is 19.9. The lowest BCUT2D eigenvalue weighted by molar-refractivity contribution is -0.144. The van der Waals surface area contributed by atoms with Crippen LogP contribution in [0.25, 0.3) is 0 Å². The molecular formula is C21H27ClN2O3. The molecule has 1 saturated carbocycles. The molecule has 6 heteroatoms. The van der Waals surface area contributed by atoms with Gasteiger partial charge in [0.05, 0.1) is 5.41 Å². The molecule has 0 radical (unpaired) electrons. The van der Waals surface area contributed by atoms with E-state index in [0.29, 0.717) is 10.6 Å². The van der Waals surface area contributed by atoms with Gasteiger partial charge in [-0.25, -0.2) is 0 Å². The molecule has 27 heavy (non-hydrogen) atoms. The fourth-order valence-electron chi connectivity index (χ4n) is 4.26. The first-order chi connectivity index (χ1) is 12.8. The second-order valence-corrected chi connectivity index (χ2v) is 8.43. The summed E-state index contributed by atoms with van der Waals surface area (Å²) < 4.78 is 0. The van der Waals surface area contributed by atoms with Gasteiger partial charge in [0.15, 0.2) is 0 Å². The number of halogens is 1. The van der Waals surface area contributed by atoms with Crippen molar-refractivity contribution in [3.8, 4) is 0 Å². The summed E-state index contributed by atoms with van der Waals surface area (Å²) in [5.41, 5.74) is -0.630. The molecule has 1 aliphatic carbocycles. The average molecular weight is 391 g/mol. The summed E-state index contributed by atoms with van der Waals surface area (Å²) in [7, 11) is 1.73. The summed E-state index contributed by atoms with van der Waals surface area (Å²) >= 11 is 6.43. The highest BCUT2D eigenvalue weighted by Gasteiger charge is 2.56. The molecule has 1 aromatic rings. The van der Waals surface area contributed by atoms with E-state index in [4.69, 9.17) is 11.6 Å². The largest absolute Gasteiger partial charge is 0.343 e. The van der Waals surface area contributed by atoms with Crippen LogP contribution < -0.4 is 0 Å². The number of carbonyl (C=O) groups is 3. The minimum absolute atomic E-state index is 0.00371. The van der Waals surface area contributed by atoms with Crippen molar-refractivity contribution in [2.75, 3.05) is 7.05 Å².